The number of aryl methyl sites for hydroxylation is 1. The number of hydrogen-bond acceptors (Lipinski definition) is 6. The van der Waals surface area contributed by atoms with Crippen LogP contribution in [-0.4, -0.2) is 40.1 Å². The second-order valence-corrected chi connectivity index (χ2v) is 9.19. The number of imidazole rings is 1. The summed E-state index contributed by atoms with van der Waals surface area (Å²) in [5.41, 5.74) is 5.55. The standard InChI is InChI=1S/C25H27N5OS/c1-17-15-26-24(27-17)20-9-8-19(14-22(20)31-2)28-25-29-21-11-13-30(16-23(21)32-25)12-10-18-6-4-3-5-7-18/h3-9,14-15H,10-13,16H2,1-2H3,(H,26,27)(H,28,29). The number of aromatic nitrogens is 3. The highest BCUT2D eigenvalue weighted by Crippen LogP contribution is 2.34. The first kappa shape index (κ1) is 20.7. The smallest absolute Gasteiger partial charge is 0.187 e. The highest BCUT2D eigenvalue weighted by molar-refractivity contribution is 7.15. The maximum Gasteiger partial charge on any atom is 0.187 e. The van der Waals surface area contributed by atoms with Crippen LogP contribution in [0, 0.1) is 6.92 Å². The largest absolute Gasteiger partial charge is 0.496 e. The monoisotopic (exact) mass is 445 g/mol. The van der Waals surface area contributed by atoms with E-state index in [1.54, 1.807) is 18.4 Å². The van der Waals surface area contributed by atoms with Crippen LogP contribution < -0.4 is 10.1 Å². The minimum absolute atomic E-state index is 0.776. The van der Waals surface area contributed by atoms with Gasteiger partial charge in [0, 0.05) is 54.6 Å². The molecule has 2 aromatic carbocycles. The van der Waals surface area contributed by atoms with Gasteiger partial charge in [0.15, 0.2) is 5.13 Å². The van der Waals surface area contributed by atoms with E-state index in [9.17, 15) is 0 Å². The Hall–Kier alpha value is -3.16. The SMILES string of the molecule is COc1cc(Nc2nc3c(s2)CN(CCc2ccccc2)CC3)ccc1-c1ncc(C)[nH]1. The number of rotatable bonds is 7. The molecule has 0 spiro atoms. The molecule has 0 bridgehead atoms. The van der Waals surface area contributed by atoms with Crippen molar-refractivity contribution in [2.75, 3.05) is 25.5 Å². The third-order valence-corrected chi connectivity index (χ3v) is 6.78. The van der Waals surface area contributed by atoms with E-state index in [0.29, 0.717) is 0 Å². The van der Waals surface area contributed by atoms with Crippen molar-refractivity contribution in [1.82, 2.24) is 19.9 Å². The Bertz CT molecular complexity index is 1200. The van der Waals surface area contributed by atoms with Crippen LogP contribution in [0.4, 0.5) is 10.8 Å². The highest BCUT2D eigenvalue weighted by atomic mass is 32.1. The van der Waals surface area contributed by atoms with Gasteiger partial charge in [0.2, 0.25) is 0 Å². The predicted octanol–water partition coefficient (Wildman–Crippen LogP) is 5.19. The van der Waals surface area contributed by atoms with E-state index in [0.717, 1.165) is 66.1 Å². The summed E-state index contributed by atoms with van der Waals surface area (Å²) in [6.45, 7) is 5.11. The van der Waals surface area contributed by atoms with Crippen molar-refractivity contribution < 1.29 is 4.74 Å². The summed E-state index contributed by atoms with van der Waals surface area (Å²) in [7, 11) is 1.69. The fourth-order valence-corrected chi connectivity index (χ4v) is 5.13. The topological polar surface area (TPSA) is 66.1 Å². The number of aromatic amines is 1. The fourth-order valence-electron chi connectivity index (χ4n) is 4.06. The summed E-state index contributed by atoms with van der Waals surface area (Å²) in [5, 5.41) is 4.40. The Kier molecular flexibility index (Phi) is 5.92. The third kappa shape index (κ3) is 4.54. The fraction of sp³-hybridized carbons (Fsp3) is 0.280. The number of nitrogens with zero attached hydrogens (tertiary/aromatic N) is 3. The first-order valence-corrected chi connectivity index (χ1v) is 11.7. The average Bonchev–Trinajstić information content (AvgIpc) is 3.43. The normalized spacial score (nSPS) is 13.7. The van der Waals surface area contributed by atoms with Crippen molar-refractivity contribution in [1.29, 1.82) is 0 Å². The lowest BCUT2D eigenvalue weighted by atomic mass is 10.1. The molecule has 1 aliphatic heterocycles. The molecule has 6 nitrogen and oxygen atoms in total. The maximum absolute atomic E-state index is 5.62. The van der Waals surface area contributed by atoms with Crippen molar-refractivity contribution in [2.24, 2.45) is 0 Å². The summed E-state index contributed by atoms with van der Waals surface area (Å²) in [6, 6.07) is 16.8. The van der Waals surface area contributed by atoms with Crippen molar-refractivity contribution in [3.8, 4) is 17.1 Å². The Morgan fingerprint density at radius 3 is 2.84 bits per heavy atom. The van der Waals surface area contributed by atoms with Gasteiger partial charge < -0.3 is 15.0 Å². The summed E-state index contributed by atoms with van der Waals surface area (Å²) in [5.74, 6) is 1.59. The number of hydrogen-bond donors (Lipinski definition) is 2. The number of ether oxygens (including phenoxy) is 1. The van der Waals surface area contributed by atoms with Gasteiger partial charge in [-0.05, 0) is 31.0 Å². The molecule has 0 saturated heterocycles. The van der Waals surface area contributed by atoms with Crippen LogP contribution in [0.1, 0.15) is 21.8 Å². The Morgan fingerprint density at radius 2 is 2.06 bits per heavy atom. The molecule has 0 unspecified atom stereocenters. The first-order valence-electron chi connectivity index (χ1n) is 10.9. The van der Waals surface area contributed by atoms with Gasteiger partial charge in [0.25, 0.3) is 0 Å². The zero-order valence-electron chi connectivity index (χ0n) is 18.4. The number of benzene rings is 2. The molecule has 32 heavy (non-hydrogen) atoms. The zero-order chi connectivity index (χ0) is 21.9. The summed E-state index contributed by atoms with van der Waals surface area (Å²) < 4.78 is 5.62. The molecule has 0 radical (unpaired) electrons. The van der Waals surface area contributed by atoms with E-state index in [4.69, 9.17) is 9.72 Å². The highest BCUT2D eigenvalue weighted by Gasteiger charge is 2.21. The van der Waals surface area contributed by atoms with Crippen molar-refractivity contribution in [3.05, 3.63) is 76.6 Å². The number of anilines is 2. The van der Waals surface area contributed by atoms with E-state index in [-0.39, 0.29) is 0 Å². The molecule has 0 amide bonds. The maximum atomic E-state index is 5.62. The molecule has 0 saturated carbocycles. The number of H-pyrrole nitrogens is 1. The van der Waals surface area contributed by atoms with Crippen molar-refractivity contribution in [2.45, 2.75) is 26.3 Å². The molecule has 5 rings (SSSR count). The quantitative estimate of drug-likeness (QED) is 0.410. The third-order valence-electron chi connectivity index (χ3n) is 5.78. The summed E-state index contributed by atoms with van der Waals surface area (Å²) in [6.07, 6.45) is 3.91. The lowest BCUT2D eigenvalue weighted by molar-refractivity contribution is 0.259. The molecule has 0 fully saturated rings. The number of nitrogens with one attached hydrogen (secondary N) is 2. The van der Waals surface area contributed by atoms with Gasteiger partial charge >= 0.3 is 0 Å². The number of methoxy groups -OCH3 is 1. The molecular formula is C25H27N5OS. The van der Waals surface area contributed by atoms with Crippen LogP contribution in [0.2, 0.25) is 0 Å². The van der Waals surface area contributed by atoms with Crippen molar-refractivity contribution in [3.63, 3.8) is 0 Å². The molecule has 164 valence electrons. The van der Waals surface area contributed by atoms with Gasteiger partial charge in [-0.15, -0.1) is 11.3 Å². The Labute approximate surface area is 192 Å². The van der Waals surface area contributed by atoms with E-state index < -0.39 is 0 Å². The second-order valence-electron chi connectivity index (χ2n) is 8.11. The van der Waals surface area contributed by atoms with Crippen LogP contribution in [0.3, 0.4) is 0 Å². The van der Waals surface area contributed by atoms with E-state index in [1.165, 1.54) is 16.1 Å². The minimum atomic E-state index is 0.776. The number of fused-ring (bicyclic) bond motifs is 1. The van der Waals surface area contributed by atoms with E-state index in [1.807, 2.05) is 31.3 Å². The van der Waals surface area contributed by atoms with Crippen molar-refractivity contribution >= 4 is 22.2 Å². The van der Waals surface area contributed by atoms with Crippen LogP contribution in [0.15, 0.2) is 54.7 Å². The van der Waals surface area contributed by atoms with Gasteiger partial charge in [-0.3, -0.25) is 4.90 Å². The number of thiazole rings is 1. The second kappa shape index (κ2) is 9.14. The molecule has 7 heteroatoms. The molecular weight excluding hydrogens is 418 g/mol. The minimum Gasteiger partial charge on any atom is -0.496 e. The van der Waals surface area contributed by atoms with E-state index >= 15 is 0 Å². The van der Waals surface area contributed by atoms with Gasteiger partial charge in [0.1, 0.15) is 11.6 Å². The van der Waals surface area contributed by atoms with Gasteiger partial charge in [-0.1, -0.05) is 30.3 Å². The van der Waals surface area contributed by atoms with Crippen LogP contribution in [0.25, 0.3) is 11.4 Å². The molecule has 1 aliphatic rings. The van der Waals surface area contributed by atoms with Gasteiger partial charge in [0.05, 0.1) is 18.4 Å². The van der Waals surface area contributed by atoms with Gasteiger partial charge in [-0.25, -0.2) is 9.97 Å². The van der Waals surface area contributed by atoms with E-state index in [2.05, 4.69) is 50.5 Å². The molecule has 2 aromatic heterocycles. The molecule has 0 aliphatic carbocycles. The van der Waals surface area contributed by atoms with Gasteiger partial charge in [-0.2, -0.15) is 0 Å². The zero-order valence-corrected chi connectivity index (χ0v) is 19.2. The predicted molar refractivity (Wildman–Crippen MR) is 130 cm³/mol. The molecule has 0 atom stereocenters. The lowest BCUT2D eigenvalue weighted by Gasteiger charge is -2.25. The van der Waals surface area contributed by atoms with Crippen LogP contribution in [-0.2, 0) is 19.4 Å². The summed E-state index contributed by atoms with van der Waals surface area (Å²) in [4.78, 5) is 16.4. The Morgan fingerprint density at radius 1 is 1.19 bits per heavy atom. The average molecular weight is 446 g/mol. The molecule has 3 heterocycles. The summed E-state index contributed by atoms with van der Waals surface area (Å²) >= 11 is 1.75. The van der Waals surface area contributed by atoms with Crippen LogP contribution >= 0.6 is 11.3 Å². The van der Waals surface area contributed by atoms with Crippen LogP contribution in [0.5, 0.6) is 5.75 Å². The first-order chi connectivity index (χ1) is 15.7. The molecule has 4 aromatic rings. The molecule has 2 N–H and O–H groups in total. The Balaban J connectivity index is 1.26. The lowest BCUT2D eigenvalue weighted by Crippen LogP contribution is -2.31.